The molecule has 0 saturated carbocycles. The zero-order valence-electron chi connectivity index (χ0n) is 12.9. The number of nitro benzene ring substituents is 1. The van der Waals surface area contributed by atoms with Crippen molar-refractivity contribution in [3.05, 3.63) is 50.1 Å². The lowest BCUT2D eigenvalue weighted by Crippen LogP contribution is -2.34. The van der Waals surface area contributed by atoms with Crippen LogP contribution >= 0.6 is 0 Å². The number of nitrogens with zero attached hydrogens (tertiary/aromatic N) is 2. The summed E-state index contributed by atoms with van der Waals surface area (Å²) in [6.45, 7) is 3.18. The molecule has 2 atom stereocenters. The Bertz CT molecular complexity index is 611. The number of nitro groups is 2. The van der Waals surface area contributed by atoms with Gasteiger partial charge in [-0.05, 0) is 5.56 Å². The van der Waals surface area contributed by atoms with Crippen molar-refractivity contribution in [1.82, 2.24) is 0 Å². The molecule has 0 bridgehead atoms. The first-order valence-corrected chi connectivity index (χ1v) is 7.24. The van der Waals surface area contributed by atoms with Crippen molar-refractivity contribution in [2.24, 2.45) is 0 Å². The quantitative estimate of drug-likeness (QED) is 0.509. The average molecular weight is 322 g/mol. The Kier molecular flexibility index (Phi) is 6.49. The van der Waals surface area contributed by atoms with Gasteiger partial charge >= 0.3 is 0 Å². The predicted octanol–water partition coefficient (Wildman–Crippen LogP) is 2.67. The molecule has 1 aromatic rings. The fourth-order valence-corrected chi connectivity index (χ4v) is 2.34. The SMILES string of the molecule is CCC(=O)CC(C(C(=O)CC)c1ccc([N+](=O)[O-])cc1)[N+](=O)[O-]. The minimum Gasteiger partial charge on any atom is -0.299 e. The van der Waals surface area contributed by atoms with Gasteiger partial charge in [-0.3, -0.25) is 29.8 Å². The van der Waals surface area contributed by atoms with Crippen LogP contribution in [0.15, 0.2) is 24.3 Å². The van der Waals surface area contributed by atoms with E-state index in [1.807, 2.05) is 0 Å². The van der Waals surface area contributed by atoms with Gasteiger partial charge in [0.15, 0.2) is 0 Å². The Morgan fingerprint density at radius 1 is 1.04 bits per heavy atom. The highest BCUT2D eigenvalue weighted by atomic mass is 16.6. The smallest absolute Gasteiger partial charge is 0.269 e. The third kappa shape index (κ3) is 4.67. The zero-order valence-corrected chi connectivity index (χ0v) is 12.9. The van der Waals surface area contributed by atoms with Gasteiger partial charge < -0.3 is 0 Å². The summed E-state index contributed by atoms with van der Waals surface area (Å²) in [5.41, 5.74) is 0.145. The van der Waals surface area contributed by atoms with Gasteiger partial charge in [-0.2, -0.15) is 0 Å². The largest absolute Gasteiger partial charge is 0.299 e. The normalized spacial score (nSPS) is 13.1. The number of Topliss-reactive ketones (excluding diaryl/α,β-unsaturated/α-hetero) is 2. The Morgan fingerprint density at radius 2 is 1.61 bits per heavy atom. The van der Waals surface area contributed by atoms with E-state index in [2.05, 4.69) is 0 Å². The van der Waals surface area contributed by atoms with E-state index in [0.29, 0.717) is 5.56 Å². The maximum atomic E-state index is 12.2. The number of hydrogen-bond acceptors (Lipinski definition) is 6. The predicted molar refractivity (Wildman–Crippen MR) is 81.8 cm³/mol. The molecule has 0 amide bonds. The fraction of sp³-hybridized carbons (Fsp3) is 0.467. The molecule has 0 aliphatic heterocycles. The van der Waals surface area contributed by atoms with Gasteiger partial charge in [0.05, 0.1) is 11.3 Å². The van der Waals surface area contributed by atoms with E-state index in [9.17, 15) is 29.8 Å². The monoisotopic (exact) mass is 322 g/mol. The molecule has 0 fully saturated rings. The van der Waals surface area contributed by atoms with Crippen LogP contribution in [-0.2, 0) is 9.59 Å². The van der Waals surface area contributed by atoms with E-state index in [1.165, 1.54) is 24.3 Å². The van der Waals surface area contributed by atoms with E-state index in [4.69, 9.17) is 0 Å². The summed E-state index contributed by atoms with van der Waals surface area (Å²) in [5, 5.41) is 22.0. The van der Waals surface area contributed by atoms with Crippen molar-refractivity contribution < 1.29 is 19.4 Å². The van der Waals surface area contributed by atoms with Gasteiger partial charge in [0.1, 0.15) is 17.5 Å². The second-order valence-electron chi connectivity index (χ2n) is 5.10. The van der Waals surface area contributed by atoms with Crippen molar-refractivity contribution in [2.45, 2.75) is 45.1 Å². The number of benzene rings is 1. The number of carbonyl (C=O) groups excluding carboxylic acids is 2. The molecule has 23 heavy (non-hydrogen) atoms. The number of rotatable bonds is 9. The third-order valence-electron chi connectivity index (χ3n) is 3.65. The van der Waals surface area contributed by atoms with Crippen LogP contribution in [0, 0.1) is 20.2 Å². The highest BCUT2D eigenvalue weighted by molar-refractivity contribution is 5.87. The first-order chi connectivity index (χ1) is 10.8. The lowest BCUT2D eigenvalue weighted by Gasteiger charge is -2.19. The van der Waals surface area contributed by atoms with E-state index in [1.54, 1.807) is 13.8 Å². The first-order valence-electron chi connectivity index (χ1n) is 7.24. The molecular formula is C15H18N2O6. The minimum atomic E-state index is -1.36. The summed E-state index contributed by atoms with van der Waals surface area (Å²) in [6, 6.07) is 3.71. The molecule has 1 rings (SSSR count). The number of ketones is 2. The van der Waals surface area contributed by atoms with Crippen molar-refractivity contribution >= 4 is 17.3 Å². The molecule has 124 valence electrons. The molecule has 8 heteroatoms. The molecule has 0 radical (unpaired) electrons. The summed E-state index contributed by atoms with van der Waals surface area (Å²) < 4.78 is 0. The topological polar surface area (TPSA) is 120 Å². The van der Waals surface area contributed by atoms with Crippen LogP contribution in [0.25, 0.3) is 0 Å². The van der Waals surface area contributed by atoms with Crippen LogP contribution < -0.4 is 0 Å². The Balaban J connectivity index is 3.25. The van der Waals surface area contributed by atoms with E-state index >= 15 is 0 Å². The molecule has 0 aliphatic carbocycles. The molecule has 0 heterocycles. The van der Waals surface area contributed by atoms with Crippen LogP contribution in [0.1, 0.15) is 44.6 Å². The lowest BCUT2D eigenvalue weighted by molar-refractivity contribution is -0.523. The second kappa shape index (κ2) is 8.11. The maximum absolute atomic E-state index is 12.2. The van der Waals surface area contributed by atoms with Crippen LogP contribution in [0.5, 0.6) is 0 Å². The number of carbonyl (C=O) groups is 2. The third-order valence-corrected chi connectivity index (χ3v) is 3.65. The molecule has 0 aliphatic rings. The Labute approximate surface area is 132 Å². The van der Waals surface area contributed by atoms with Crippen molar-refractivity contribution in [2.75, 3.05) is 0 Å². The van der Waals surface area contributed by atoms with Crippen LogP contribution in [0.2, 0.25) is 0 Å². The summed E-state index contributed by atoms with van der Waals surface area (Å²) in [4.78, 5) is 44.6. The van der Waals surface area contributed by atoms with E-state index < -0.39 is 21.8 Å². The molecule has 0 spiro atoms. The summed E-state index contributed by atoms with van der Waals surface area (Å²) in [7, 11) is 0. The Morgan fingerprint density at radius 3 is 2.00 bits per heavy atom. The summed E-state index contributed by atoms with van der Waals surface area (Å²) >= 11 is 0. The lowest BCUT2D eigenvalue weighted by atomic mass is 9.84. The minimum absolute atomic E-state index is 0.0757. The first kappa shape index (κ1) is 18.4. The van der Waals surface area contributed by atoms with E-state index in [0.717, 1.165) is 0 Å². The molecule has 2 unspecified atom stereocenters. The highest BCUT2D eigenvalue weighted by Gasteiger charge is 2.38. The summed E-state index contributed by atoms with van der Waals surface area (Å²) in [6.07, 6.45) is -0.110. The van der Waals surface area contributed by atoms with Gasteiger partial charge in [0.25, 0.3) is 5.69 Å². The van der Waals surface area contributed by atoms with Crippen molar-refractivity contribution in [3.8, 4) is 0 Å². The van der Waals surface area contributed by atoms with Gasteiger partial charge in [-0.1, -0.05) is 26.0 Å². The fourth-order valence-electron chi connectivity index (χ4n) is 2.34. The summed E-state index contributed by atoms with van der Waals surface area (Å²) in [5.74, 6) is -1.77. The van der Waals surface area contributed by atoms with Gasteiger partial charge in [0.2, 0.25) is 6.04 Å². The Hall–Kier alpha value is -2.64. The number of non-ortho nitro benzene ring substituents is 1. The molecule has 1 aromatic carbocycles. The van der Waals surface area contributed by atoms with Gasteiger partial charge in [-0.25, -0.2) is 0 Å². The standard InChI is InChI=1S/C15H18N2O6/c1-3-12(18)9-13(17(22)23)15(14(19)4-2)10-5-7-11(8-6-10)16(20)21/h5-8,13,15H,3-4,9H2,1-2H3. The zero-order chi connectivity index (χ0) is 17.6. The molecule has 0 N–H and O–H groups in total. The van der Waals surface area contributed by atoms with Gasteiger partial charge in [0, 0.05) is 29.9 Å². The van der Waals surface area contributed by atoms with Crippen LogP contribution in [0.4, 0.5) is 5.69 Å². The molecule has 0 aromatic heterocycles. The second-order valence-corrected chi connectivity index (χ2v) is 5.10. The van der Waals surface area contributed by atoms with Crippen LogP contribution in [-0.4, -0.2) is 27.5 Å². The maximum Gasteiger partial charge on any atom is 0.269 e. The van der Waals surface area contributed by atoms with Crippen molar-refractivity contribution in [3.63, 3.8) is 0 Å². The highest BCUT2D eigenvalue weighted by Crippen LogP contribution is 2.28. The number of hydrogen-bond donors (Lipinski definition) is 0. The average Bonchev–Trinajstić information content (AvgIpc) is 2.53. The molecule has 0 saturated heterocycles. The molecular weight excluding hydrogens is 304 g/mol. The van der Waals surface area contributed by atoms with Crippen LogP contribution in [0.3, 0.4) is 0 Å². The van der Waals surface area contributed by atoms with Crippen molar-refractivity contribution in [1.29, 1.82) is 0 Å². The molecule has 8 nitrogen and oxygen atoms in total. The van der Waals surface area contributed by atoms with E-state index in [-0.39, 0.29) is 36.5 Å². The van der Waals surface area contributed by atoms with Gasteiger partial charge in [-0.15, -0.1) is 0 Å².